The third kappa shape index (κ3) is 2.94. The van der Waals surface area contributed by atoms with Crippen molar-refractivity contribution in [2.24, 2.45) is 10.4 Å². The molecule has 1 heterocycles. The first kappa shape index (κ1) is 15.5. The molecular weight excluding hydrogens is 262 g/mol. The Bertz CT molecular complexity index is 714. The standard InChI is InChI=1S/C17H25N3O/c1-6-11-19-13-9-7-8-10-14(13)20(16(19)18-5)12-15(21)17(2,3)4/h7-10H,6,11-12H2,1-5H3. The van der Waals surface area contributed by atoms with Crippen molar-refractivity contribution in [1.82, 2.24) is 9.13 Å². The van der Waals surface area contributed by atoms with E-state index in [1.54, 1.807) is 7.05 Å². The van der Waals surface area contributed by atoms with Crippen LogP contribution in [0.5, 0.6) is 0 Å². The van der Waals surface area contributed by atoms with E-state index in [4.69, 9.17) is 0 Å². The number of hydrogen-bond acceptors (Lipinski definition) is 2. The van der Waals surface area contributed by atoms with Gasteiger partial charge in [0, 0.05) is 19.0 Å². The van der Waals surface area contributed by atoms with Crippen molar-refractivity contribution in [1.29, 1.82) is 0 Å². The predicted octanol–water partition coefficient (Wildman–Crippen LogP) is 3.00. The van der Waals surface area contributed by atoms with E-state index < -0.39 is 0 Å². The van der Waals surface area contributed by atoms with Gasteiger partial charge in [0.1, 0.15) is 0 Å². The van der Waals surface area contributed by atoms with Gasteiger partial charge in [-0.2, -0.15) is 0 Å². The van der Waals surface area contributed by atoms with E-state index in [-0.39, 0.29) is 11.2 Å². The van der Waals surface area contributed by atoms with Crippen LogP contribution in [-0.2, 0) is 17.9 Å². The second-order valence-corrected chi connectivity index (χ2v) is 6.42. The first-order valence-electron chi connectivity index (χ1n) is 7.54. The van der Waals surface area contributed by atoms with Crippen molar-refractivity contribution in [2.75, 3.05) is 7.05 Å². The number of carbonyl (C=O) groups is 1. The fourth-order valence-corrected chi connectivity index (χ4v) is 2.50. The van der Waals surface area contributed by atoms with Crippen LogP contribution < -0.4 is 5.62 Å². The zero-order chi connectivity index (χ0) is 15.6. The molecule has 4 heteroatoms. The summed E-state index contributed by atoms with van der Waals surface area (Å²) >= 11 is 0. The number of rotatable bonds is 4. The van der Waals surface area contributed by atoms with Crippen molar-refractivity contribution in [3.63, 3.8) is 0 Å². The Kier molecular flexibility index (Phi) is 4.35. The number of para-hydroxylation sites is 2. The summed E-state index contributed by atoms with van der Waals surface area (Å²) in [6, 6.07) is 8.20. The van der Waals surface area contributed by atoms with Gasteiger partial charge in [0.25, 0.3) is 0 Å². The van der Waals surface area contributed by atoms with Gasteiger partial charge in [-0.1, -0.05) is 39.8 Å². The molecule has 0 atom stereocenters. The topological polar surface area (TPSA) is 39.3 Å². The highest BCUT2D eigenvalue weighted by Gasteiger charge is 2.23. The highest BCUT2D eigenvalue weighted by Crippen LogP contribution is 2.18. The zero-order valence-corrected chi connectivity index (χ0v) is 13.7. The molecule has 0 unspecified atom stereocenters. The highest BCUT2D eigenvalue weighted by molar-refractivity contribution is 5.85. The van der Waals surface area contributed by atoms with Crippen molar-refractivity contribution >= 4 is 16.8 Å². The lowest BCUT2D eigenvalue weighted by atomic mass is 9.91. The lowest BCUT2D eigenvalue weighted by molar-refractivity contribution is -0.126. The minimum Gasteiger partial charge on any atom is -0.310 e. The molecule has 0 saturated heterocycles. The second-order valence-electron chi connectivity index (χ2n) is 6.42. The van der Waals surface area contributed by atoms with E-state index in [1.807, 2.05) is 37.5 Å². The van der Waals surface area contributed by atoms with Crippen LogP contribution in [-0.4, -0.2) is 22.0 Å². The third-order valence-corrected chi connectivity index (χ3v) is 3.73. The Morgan fingerprint density at radius 1 is 1.14 bits per heavy atom. The number of ketones is 1. The minimum atomic E-state index is -0.341. The Morgan fingerprint density at radius 3 is 2.19 bits per heavy atom. The van der Waals surface area contributed by atoms with Gasteiger partial charge in [-0.25, -0.2) is 0 Å². The average molecular weight is 287 g/mol. The second kappa shape index (κ2) is 5.88. The van der Waals surface area contributed by atoms with E-state index in [0.29, 0.717) is 6.54 Å². The predicted molar refractivity (Wildman–Crippen MR) is 86.2 cm³/mol. The molecule has 1 aromatic carbocycles. The summed E-state index contributed by atoms with van der Waals surface area (Å²) in [5.74, 6) is 0.219. The van der Waals surface area contributed by atoms with Gasteiger partial charge < -0.3 is 9.13 Å². The summed E-state index contributed by atoms with van der Waals surface area (Å²) in [5.41, 5.74) is 2.74. The molecule has 21 heavy (non-hydrogen) atoms. The Morgan fingerprint density at radius 2 is 1.71 bits per heavy atom. The molecule has 0 saturated carbocycles. The summed E-state index contributed by atoms with van der Waals surface area (Å²) in [7, 11) is 1.79. The lowest BCUT2D eigenvalue weighted by Crippen LogP contribution is -2.32. The fraction of sp³-hybridized carbons (Fsp3) is 0.529. The Balaban J connectivity index is 2.65. The van der Waals surface area contributed by atoms with Gasteiger partial charge in [0.2, 0.25) is 5.62 Å². The van der Waals surface area contributed by atoms with E-state index in [0.717, 1.165) is 29.6 Å². The molecule has 0 aliphatic heterocycles. The lowest BCUT2D eigenvalue weighted by Gasteiger charge is -2.17. The summed E-state index contributed by atoms with van der Waals surface area (Å²) < 4.78 is 4.24. The number of benzene rings is 1. The van der Waals surface area contributed by atoms with E-state index in [2.05, 4.69) is 28.6 Å². The molecule has 114 valence electrons. The quantitative estimate of drug-likeness (QED) is 0.852. The largest absolute Gasteiger partial charge is 0.310 e. The van der Waals surface area contributed by atoms with Crippen LogP contribution in [0.4, 0.5) is 0 Å². The number of aromatic nitrogens is 2. The molecule has 1 aromatic heterocycles. The normalized spacial score (nSPS) is 13.1. The van der Waals surface area contributed by atoms with Crippen LogP contribution in [0.1, 0.15) is 34.1 Å². The number of Topliss-reactive ketones (excluding diaryl/α,β-unsaturated/α-hetero) is 1. The maximum Gasteiger partial charge on any atom is 0.206 e. The maximum absolute atomic E-state index is 12.4. The molecule has 0 radical (unpaired) electrons. The molecule has 2 rings (SSSR count). The molecule has 0 aliphatic rings. The first-order valence-corrected chi connectivity index (χ1v) is 7.54. The molecule has 0 amide bonds. The molecule has 0 N–H and O–H groups in total. The van der Waals surface area contributed by atoms with E-state index in [1.165, 1.54) is 0 Å². The van der Waals surface area contributed by atoms with Crippen LogP contribution in [0, 0.1) is 5.41 Å². The van der Waals surface area contributed by atoms with Crippen LogP contribution >= 0.6 is 0 Å². The van der Waals surface area contributed by atoms with Crippen LogP contribution in [0.3, 0.4) is 0 Å². The Labute approximate surface area is 126 Å². The summed E-state index contributed by atoms with van der Waals surface area (Å²) in [6.45, 7) is 9.31. The van der Waals surface area contributed by atoms with Crippen LogP contribution in [0.2, 0.25) is 0 Å². The Hall–Kier alpha value is -1.84. The smallest absolute Gasteiger partial charge is 0.206 e. The fourth-order valence-electron chi connectivity index (χ4n) is 2.50. The van der Waals surface area contributed by atoms with Gasteiger partial charge >= 0.3 is 0 Å². The zero-order valence-electron chi connectivity index (χ0n) is 13.7. The average Bonchev–Trinajstić information content (AvgIpc) is 2.72. The minimum absolute atomic E-state index is 0.219. The molecule has 2 aromatic rings. The highest BCUT2D eigenvalue weighted by atomic mass is 16.1. The van der Waals surface area contributed by atoms with Crippen molar-refractivity contribution < 1.29 is 4.79 Å². The van der Waals surface area contributed by atoms with Crippen molar-refractivity contribution in [3.05, 3.63) is 29.9 Å². The summed E-state index contributed by atoms with van der Waals surface area (Å²) in [6.07, 6.45) is 1.04. The molecule has 4 nitrogen and oxygen atoms in total. The van der Waals surface area contributed by atoms with Crippen molar-refractivity contribution in [2.45, 2.75) is 47.2 Å². The number of fused-ring (bicyclic) bond motifs is 1. The van der Waals surface area contributed by atoms with Crippen LogP contribution in [0.15, 0.2) is 29.3 Å². The SMILES string of the molecule is CCCn1c(=NC)n(CC(=O)C(C)(C)C)c2ccccc21. The molecule has 0 bridgehead atoms. The molecule has 0 aliphatic carbocycles. The monoisotopic (exact) mass is 287 g/mol. The summed E-state index contributed by atoms with van der Waals surface area (Å²) in [4.78, 5) is 16.9. The molecular formula is C17H25N3O. The van der Waals surface area contributed by atoms with Gasteiger partial charge in [0.15, 0.2) is 5.78 Å². The number of hydrogen-bond donors (Lipinski definition) is 0. The van der Waals surface area contributed by atoms with Gasteiger partial charge in [-0.15, -0.1) is 0 Å². The third-order valence-electron chi connectivity index (χ3n) is 3.73. The molecule has 0 spiro atoms. The summed E-state index contributed by atoms with van der Waals surface area (Å²) in [5, 5.41) is 0. The maximum atomic E-state index is 12.4. The van der Waals surface area contributed by atoms with Crippen LogP contribution in [0.25, 0.3) is 11.0 Å². The van der Waals surface area contributed by atoms with Gasteiger partial charge in [-0.05, 0) is 18.6 Å². The number of imidazole rings is 1. The van der Waals surface area contributed by atoms with Gasteiger partial charge in [0.05, 0.1) is 17.6 Å². The van der Waals surface area contributed by atoms with E-state index in [9.17, 15) is 4.79 Å². The van der Waals surface area contributed by atoms with Gasteiger partial charge in [-0.3, -0.25) is 9.79 Å². The first-order chi connectivity index (χ1) is 9.90. The number of nitrogens with zero attached hydrogens (tertiary/aromatic N) is 3. The number of aryl methyl sites for hydroxylation is 1. The number of carbonyl (C=O) groups excluding carboxylic acids is 1. The van der Waals surface area contributed by atoms with E-state index >= 15 is 0 Å². The van der Waals surface area contributed by atoms with Crippen molar-refractivity contribution in [3.8, 4) is 0 Å². The molecule has 0 fully saturated rings.